The second-order valence-corrected chi connectivity index (χ2v) is 6.11. The molecule has 2 rings (SSSR count). The average Bonchev–Trinajstić information content (AvgIpc) is 2.58. The molecule has 1 atom stereocenters. The first-order valence-electron chi connectivity index (χ1n) is 7.16. The number of halogens is 3. The molecule has 0 heterocycles. The molecule has 0 aromatic heterocycles. The van der Waals surface area contributed by atoms with Gasteiger partial charge in [0.05, 0.1) is 10.6 Å². The molecule has 0 aliphatic rings. The minimum absolute atomic E-state index is 0.376. The summed E-state index contributed by atoms with van der Waals surface area (Å²) in [5.74, 6) is 0. The third-order valence-corrected chi connectivity index (χ3v) is 3.96. The molecule has 0 radical (unpaired) electrons. The van der Waals surface area contributed by atoms with E-state index < -0.39 is 22.9 Å². The van der Waals surface area contributed by atoms with E-state index in [1.54, 1.807) is 30.3 Å². The molecular formula is C17H16F3N3OS. The summed E-state index contributed by atoms with van der Waals surface area (Å²) >= 11 is 0. The smallest absolute Gasteiger partial charge is 0.268 e. The first kappa shape index (κ1) is 18.9. The average molecular weight is 367 g/mol. The van der Waals surface area contributed by atoms with Crippen LogP contribution in [-0.4, -0.2) is 23.1 Å². The summed E-state index contributed by atoms with van der Waals surface area (Å²) in [6.45, 7) is 0. The van der Waals surface area contributed by atoms with Gasteiger partial charge in [0.1, 0.15) is 11.0 Å². The predicted octanol–water partition coefficient (Wildman–Crippen LogP) is 3.74. The van der Waals surface area contributed by atoms with E-state index in [4.69, 9.17) is 5.14 Å². The zero-order chi connectivity index (χ0) is 18.4. The maximum Gasteiger partial charge on any atom is 0.435 e. The molecule has 0 saturated carbocycles. The Bertz CT molecular complexity index is 787. The van der Waals surface area contributed by atoms with Crippen LogP contribution in [0.3, 0.4) is 0 Å². The number of anilines is 1. The third kappa shape index (κ3) is 5.54. The van der Waals surface area contributed by atoms with Gasteiger partial charge in [-0.3, -0.25) is 5.01 Å². The number of hydrogen-bond acceptors (Lipinski definition) is 3. The van der Waals surface area contributed by atoms with Crippen LogP contribution in [0.15, 0.2) is 70.7 Å². The topological polar surface area (TPSA) is 58.7 Å². The van der Waals surface area contributed by atoms with Crippen LogP contribution < -0.4 is 10.1 Å². The van der Waals surface area contributed by atoms with Gasteiger partial charge in [-0.1, -0.05) is 36.4 Å². The van der Waals surface area contributed by atoms with Crippen LogP contribution in [0.5, 0.6) is 0 Å². The van der Waals surface area contributed by atoms with Crippen LogP contribution in [-0.2, 0) is 11.0 Å². The molecule has 0 fully saturated rings. The van der Waals surface area contributed by atoms with Gasteiger partial charge in [0.2, 0.25) is 0 Å². The minimum atomic E-state index is -4.60. The van der Waals surface area contributed by atoms with Gasteiger partial charge in [0, 0.05) is 7.05 Å². The van der Waals surface area contributed by atoms with Crippen molar-refractivity contribution in [3.8, 4) is 0 Å². The van der Waals surface area contributed by atoms with Crippen molar-refractivity contribution < 1.29 is 17.4 Å². The second-order valence-electron chi connectivity index (χ2n) is 5.04. The molecule has 25 heavy (non-hydrogen) atoms. The zero-order valence-corrected chi connectivity index (χ0v) is 14.1. The summed E-state index contributed by atoms with van der Waals surface area (Å²) in [6.07, 6.45) is -2.33. The zero-order valence-electron chi connectivity index (χ0n) is 13.3. The minimum Gasteiger partial charge on any atom is -0.268 e. The summed E-state index contributed by atoms with van der Waals surface area (Å²) in [4.78, 5) is 0.376. The standard InChI is InChI=1S/C17H16F3N3OS/c1-23(14-8-10-15(11-9-14)25(21)24)22-16(17(18,19)20)12-7-13-5-3-2-4-6-13/h2-12H,21H2,1H3/b12-7+,22-16+. The Labute approximate surface area is 146 Å². The molecule has 0 bridgehead atoms. The molecule has 0 amide bonds. The van der Waals surface area contributed by atoms with E-state index in [0.717, 1.165) is 11.1 Å². The Morgan fingerprint density at radius 1 is 1.12 bits per heavy atom. The Kier molecular flexibility index (Phi) is 6.11. The van der Waals surface area contributed by atoms with E-state index >= 15 is 0 Å². The van der Waals surface area contributed by atoms with Crippen molar-refractivity contribution in [3.63, 3.8) is 0 Å². The number of hydrazone groups is 1. The lowest BCUT2D eigenvalue weighted by Crippen LogP contribution is -2.25. The van der Waals surface area contributed by atoms with Crippen LogP contribution in [0.1, 0.15) is 5.56 Å². The fourth-order valence-electron chi connectivity index (χ4n) is 1.94. The number of allylic oxidation sites excluding steroid dienone is 1. The summed E-state index contributed by atoms with van der Waals surface area (Å²) in [5.41, 5.74) is 0.00581. The van der Waals surface area contributed by atoms with E-state index in [-0.39, 0.29) is 0 Å². The van der Waals surface area contributed by atoms with Gasteiger partial charge in [0.25, 0.3) is 0 Å². The Morgan fingerprint density at radius 3 is 2.24 bits per heavy atom. The highest BCUT2D eigenvalue weighted by Gasteiger charge is 2.34. The molecule has 0 spiro atoms. The fourth-order valence-corrected chi connectivity index (χ4v) is 2.34. The van der Waals surface area contributed by atoms with Crippen molar-refractivity contribution in [2.45, 2.75) is 11.1 Å². The number of nitrogens with zero attached hydrogens (tertiary/aromatic N) is 2. The molecular weight excluding hydrogens is 351 g/mol. The lowest BCUT2D eigenvalue weighted by atomic mass is 10.2. The number of benzene rings is 2. The van der Waals surface area contributed by atoms with E-state index in [1.165, 1.54) is 37.4 Å². The van der Waals surface area contributed by atoms with Gasteiger partial charge in [-0.2, -0.15) is 18.3 Å². The molecule has 0 aliphatic carbocycles. The van der Waals surface area contributed by atoms with Gasteiger partial charge in [0.15, 0.2) is 5.71 Å². The third-order valence-electron chi connectivity index (χ3n) is 3.22. The summed E-state index contributed by atoms with van der Waals surface area (Å²) in [7, 11) is -0.246. The number of alkyl halides is 3. The largest absolute Gasteiger partial charge is 0.435 e. The van der Waals surface area contributed by atoms with Gasteiger partial charge in [-0.05, 0) is 35.9 Å². The highest BCUT2D eigenvalue weighted by Crippen LogP contribution is 2.22. The van der Waals surface area contributed by atoms with E-state index in [0.29, 0.717) is 16.1 Å². The van der Waals surface area contributed by atoms with Gasteiger partial charge in [-0.25, -0.2) is 9.35 Å². The van der Waals surface area contributed by atoms with Crippen molar-refractivity contribution in [1.29, 1.82) is 0 Å². The van der Waals surface area contributed by atoms with Crippen molar-refractivity contribution >= 4 is 28.5 Å². The fraction of sp³-hybridized carbons (Fsp3) is 0.118. The lowest BCUT2D eigenvalue weighted by Gasteiger charge is -2.16. The Hall–Kier alpha value is -2.45. The maximum absolute atomic E-state index is 13.2. The number of nitrogens with two attached hydrogens (primary N) is 1. The van der Waals surface area contributed by atoms with Crippen molar-refractivity contribution in [1.82, 2.24) is 0 Å². The van der Waals surface area contributed by atoms with E-state index in [9.17, 15) is 17.4 Å². The summed E-state index contributed by atoms with van der Waals surface area (Å²) in [6, 6.07) is 14.6. The maximum atomic E-state index is 13.2. The molecule has 2 aromatic rings. The molecule has 1 unspecified atom stereocenters. The lowest BCUT2D eigenvalue weighted by molar-refractivity contribution is -0.0578. The van der Waals surface area contributed by atoms with Crippen molar-refractivity contribution in [3.05, 3.63) is 66.2 Å². The summed E-state index contributed by atoms with van der Waals surface area (Å²) < 4.78 is 50.8. The molecule has 0 saturated heterocycles. The van der Waals surface area contributed by atoms with E-state index in [1.807, 2.05) is 0 Å². The second kappa shape index (κ2) is 8.09. The molecule has 8 heteroatoms. The highest BCUT2D eigenvalue weighted by atomic mass is 32.2. The Morgan fingerprint density at radius 2 is 1.72 bits per heavy atom. The quantitative estimate of drug-likeness (QED) is 0.647. The van der Waals surface area contributed by atoms with Crippen LogP contribution >= 0.6 is 0 Å². The Balaban J connectivity index is 2.27. The van der Waals surface area contributed by atoms with Crippen molar-refractivity contribution in [2.24, 2.45) is 10.2 Å². The van der Waals surface area contributed by atoms with Crippen molar-refractivity contribution in [2.75, 3.05) is 12.1 Å². The molecule has 2 N–H and O–H groups in total. The molecule has 132 valence electrons. The van der Waals surface area contributed by atoms with Crippen LogP contribution in [0.2, 0.25) is 0 Å². The molecule has 4 nitrogen and oxygen atoms in total. The van der Waals surface area contributed by atoms with Gasteiger partial charge >= 0.3 is 6.18 Å². The normalized spacial score (nSPS) is 13.9. The highest BCUT2D eigenvalue weighted by molar-refractivity contribution is 7.82. The van der Waals surface area contributed by atoms with Crippen LogP contribution in [0.4, 0.5) is 18.9 Å². The number of rotatable bonds is 5. The molecule has 2 aromatic carbocycles. The SMILES string of the molecule is CN(/N=C(\C=C\c1ccccc1)C(F)(F)F)c1ccc(S(N)=O)cc1. The predicted molar refractivity (Wildman–Crippen MR) is 94.4 cm³/mol. The van der Waals surface area contributed by atoms with Crippen LogP contribution in [0, 0.1) is 0 Å². The summed E-state index contributed by atoms with van der Waals surface area (Å²) in [5, 5.41) is 9.98. The first-order chi connectivity index (χ1) is 11.8. The molecule has 0 aliphatic heterocycles. The van der Waals surface area contributed by atoms with Gasteiger partial charge < -0.3 is 0 Å². The monoisotopic (exact) mass is 367 g/mol. The first-order valence-corrected chi connectivity index (χ1v) is 8.37. The van der Waals surface area contributed by atoms with E-state index in [2.05, 4.69) is 5.10 Å². The van der Waals surface area contributed by atoms with Gasteiger partial charge in [-0.15, -0.1) is 0 Å². The van der Waals surface area contributed by atoms with Crippen LogP contribution in [0.25, 0.3) is 6.08 Å². The number of hydrogen-bond donors (Lipinski definition) is 1.